The van der Waals surface area contributed by atoms with Gasteiger partial charge in [-0.05, 0) is 37.1 Å². The third-order valence-corrected chi connectivity index (χ3v) is 7.11. The molecule has 1 aliphatic rings. The summed E-state index contributed by atoms with van der Waals surface area (Å²) in [6.07, 6.45) is 4.13. The summed E-state index contributed by atoms with van der Waals surface area (Å²) in [6, 6.07) is 7.28. The molecule has 3 heterocycles. The topological polar surface area (TPSA) is 129 Å². The number of rotatable bonds is 7. The van der Waals surface area contributed by atoms with Gasteiger partial charge in [-0.1, -0.05) is 11.6 Å². The number of fused-ring (bicyclic) bond motifs is 1. The molecule has 4 rings (SSSR count). The van der Waals surface area contributed by atoms with Gasteiger partial charge in [0.1, 0.15) is 17.1 Å². The summed E-state index contributed by atoms with van der Waals surface area (Å²) in [4.78, 5) is 23.6. The van der Waals surface area contributed by atoms with Gasteiger partial charge in [-0.15, -0.1) is 0 Å². The van der Waals surface area contributed by atoms with Gasteiger partial charge in [0.05, 0.1) is 23.2 Å². The summed E-state index contributed by atoms with van der Waals surface area (Å²) in [7, 11) is -1.63. The molecule has 33 heavy (non-hydrogen) atoms. The number of halogens is 1. The highest BCUT2D eigenvalue weighted by molar-refractivity contribution is 7.88. The zero-order valence-electron chi connectivity index (χ0n) is 18.3. The second-order valence-electron chi connectivity index (χ2n) is 7.83. The molecule has 0 atom stereocenters. The smallest absolute Gasteiger partial charge is 0.257 e. The van der Waals surface area contributed by atoms with Gasteiger partial charge in [-0.3, -0.25) is 4.79 Å². The van der Waals surface area contributed by atoms with E-state index in [4.69, 9.17) is 21.3 Å². The van der Waals surface area contributed by atoms with Gasteiger partial charge in [0.2, 0.25) is 10.0 Å². The lowest BCUT2D eigenvalue weighted by atomic mass is 10.1. The predicted octanol–water partition coefficient (Wildman–Crippen LogP) is 2.24. The highest BCUT2D eigenvalue weighted by Gasteiger charge is 2.26. The molecule has 10 nitrogen and oxygen atoms in total. The number of imidazole rings is 1. The van der Waals surface area contributed by atoms with E-state index in [9.17, 15) is 13.2 Å². The molecular weight excluding hydrogens is 468 g/mol. The fourth-order valence-corrected chi connectivity index (χ4v) is 4.74. The molecule has 0 saturated carbocycles. The zero-order valence-corrected chi connectivity index (χ0v) is 19.8. The average molecular weight is 493 g/mol. The summed E-state index contributed by atoms with van der Waals surface area (Å²) < 4.78 is 30.4. The first-order chi connectivity index (χ1) is 15.7. The van der Waals surface area contributed by atoms with E-state index in [1.807, 2.05) is 12.1 Å². The van der Waals surface area contributed by atoms with Crippen molar-refractivity contribution in [3.8, 4) is 17.1 Å². The number of benzene rings is 1. The van der Waals surface area contributed by atoms with Crippen molar-refractivity contribution in [2.75, 3.05) is 38.3 Å². The van der Waals surface area contributed by atoms with Crippen LogP contribution in [0.4, 0.5) is 5.69 Å². The molecule has 176 valence electrons. The molecular formula is C21H25ClN6O4S. The van der Waals surface area contributed by atoms with Crippen LogP contribution in [-0.2, 0) is 14.8 Å². The van der Waals surface area contributed by atoms with Gasteiger partial charge in [-0.2, -0.15) is 0 Å². The van der Waals surface area contributed by atoms with E-state index in [0.717, 1.165) is 5.56 Å². The average Bonchev–Trinajstić information content (AvgIpc) is 3.24. The quantitative estimate of drug-likeness (QED) is 0.461. The summed E-state index contributed by atoms with van der Waals surface area (Å²) in [5.74, 6) is 0.983. The summed E-state index contributed by atoms with van der Waals surface area (Å²) in [5.41, 5.74) is 2.70. The highest BCUT2D eigenvalue weighted by Crippen LogP contribution is 2.32. The molecule has 0 spiro atoms. The van der Waals surface area contributed by atoms with Crippen LogP contribution in [0.3, 0.4) is 0 Å². The van der Waals surface area contributed by atoms with Gasteiger partial charge in [0, 0.05) is 31.7 Å². The first-order valence-electron chi connectivity index (χ1n) is 10.4. The van der Waals surface area contributed by atoms with Crippen molar-refractivity contribution in [3.63, 3.8) is 0 Å². The number of aromatic amines is 1. The largest absolute Gasteiger partial charge is 0.484 e. The van der Waals surface area contributed by atoms with E-state index in [1.54, 1.807) is 25.4 Å². The van der Waals surface area contributed by atoms with Crippen LogP contribution < -0.4 is 15.4 Å². The fraction of sp³-hybridized carbons (Fsp3) is 0.381. The second-order valence-corrected chi connectivity index (χ2v) is 10.2. The number of anilines is 1. The van der Waals surface area contributed by atoms with Crippen LogP contribution >= 0.6 is 11.6 Å². The molecule has 0 unspecified atom stereocenters. The Morgan fingerprint density at radius 3 is 2.61 bits per heavy atom. The van der Waals surface area contributed by atoms with Crippen LogP contribution in [0.15, 0.2) is 30.5 Å². The Bertz CT molecular complexity index is 1250. The molecule has 0 aliphatic carbocycles. The maximum Gasteiger partial charge on any atom is 0.257 e. The molecule has 0 bridgehead atoms. The third kappa shape index (κ3) is 5.37. The maximum absolute atomic E-state index is 11.8. The lowest BCUT2D eigenvalue weighted by molar-refractivity contribution is -0.122. The number of carbonyl (C=O) groups is 1. The van der Waals surface area contributed by atoms with E-state index in [-0.39, 0.29) is 18.6 Å². The van der Waals surface area contributed by atoms with Crippen molar-refractivity contribution >= 4 is 44.4 Å². The van der Waals surface area contributed by atoms with Crippen LogP contribution in [0, 0.1) is 0 Å². The molecule has 3 N–H and O–H groups in total. The number of aromatic nitrogens is 3. The van der Waals surface area contributed by atoms with Crippen molar-refractivity contribution in [1.29, 1.82) is 0 Å². The number of piperidine rings is 1. The van der Waals surface area contributed by atoms with Gasteiger partial charge in [0.25, 0.3) is 5.91 Å². The first-order valence-corrected chi connectivity index (χ1v) is 12.7. The lowest BCUT2D eigenvalue weighted by Crippen LogP contribution is -2.41. The number of carbonyl (C=O) groups excluding carboxylic acids is 1. The van der Waals surface area contributed by atoms with Crippen LogP contribution in [0.25, 0.3) is 22.6 Å². The molecule has 1 saturated heterocycles. The van der Waals surface area contributed by atoms with Gasteiger partial charge in [0.15, 0.2) is 12.3 Å². The van der Waals surface area contributed by atoms with Gasteiger partial charge < -0.3 is 20.4 Å². The highest BCUT2D eigenvalue weighted by atomic mass is 35.5. The number of pyridine rings is 1. The van der Waals surface area contributed by atoms with Crippen LogP contribution in [0.5, 0.6) is 5.75 Å². The Morgan fingerprint density at radius 2 is 1.97 bits per heavy atom. The number of hydrogen-bond donors (Lipinski definition) is 3. The Labute approximate surface area is 196 Å². The number of nitrogens with one attached hydrogen (secondary N) is 3. The SMILES string of the molecule is CNC(=O)COc1ccc(-c2nc3c(NC4CCN(S(C)(=O)=O)CC4)c(Cl)cnc3[nH]2)cc1. The molecule has 1 amide bonds. The van der Waals surface area contributed by atoms with Crippen molar-refractivity contribution < 1.29 is 17.9 Å². The number of hydrogen-bond acceptors (Lipinski definition) is 7. The van der Waals surface area contributed by atoms with E-state index < -0.39 is 10.0 Å². The van der Waals surface area contributed by atoms with Crippen molar-refractivity contribution in [2.24, 2.45) is 0 Å². The number of amides is 1. The summed E-state index contributed by atoms with van der Waals surface area (Å²) in [5, 5.41) is 6.39. The first kappa shape index (κ1) is 23.3. The summed E-state index contributed by atoms with van der Waals surface area (Å²) >= 11 is 6.44. The Balaban J connectivity index is 1.52. The van der Waals surface area contributed by atoms with Crippen molar-refractivity contribution in [2.45, 2.75) is 18.9 Å². The molecule has 1 aromatic carbocycles. The zero-order chi connectivity index (χ0) is 23.6. The van der Waals surface area contributed by atoms with E-state index in [0.29, 0.717) is 59.4 Å². The standard InChI is InChI=1S/C21H25ClN6O4S/c1-23-17(29)12-32-15-5-3-13(4-6-15)20-26-19-18(16(22)11-24-21(19)27-20)25-14-7-9-28(10-8-14)33(2,30)31/h3-6,11,14H,7-10,12H2,1-2H3,(H,23,29)(H2,24,25,26,27). The monoisotopic (exact) mass is 492 g/mol. The van der Waals surface area contributed by atoms with Gasteiger partial charge in [-0.25, -0.2) is 22.7 Å². The molecule has 12 heteroatoms. The molecule has 2 aromatic heterocycles. The van der Waals surface area contributed by atoms with Crippen LogP contribution in [-0.4, -0.2) is 72.6 Å². The number of sulfonamides is 1. The van der Waals surface area contributed by atoms with Crippen LogP contribution in [0.2, 0.25) is 5.02 Å². The Kier molecular flexibility index (Phi) is 6.73. The number of nitrogens with zero attached hydrogens (tertiary/aromatic N) is 3. The van der Waals surface area contributed by atoms with E-state index in [1.165, 1.54) is 10.6 Å². The van der Waals surface area contributed by atoms with Gasteiger partial charge >= 0.3 is 0 Å². The third-order valence-electron chi connectivity index (χ3n) is 5.52. The molecule has 1 aliphatic heterocycles. The van der Waals surface area contributed by atoms with E-state index >= 15 is 0 Å². The predicted molar refractivity (Wildman–Crippen MR) is 127 cm³/mol. The minimum absolute atomic E-state index is 0.0545. The van der Waals surface area contributed by atoms with Crippen LogP contribution in [0.1, 0.15) is 12.8 Å². The van der Waals surface area contributed by atoms with Crippen molar-refractivity contribution in [1.82, 2.24) is 24.6 Å². The minimum Gasteiger partial charge on any atom is -0.484 e. The Morgan fingerprint density at radius 1 is 1.27 bits per heavy atom. The van der Waals surface area contributed by atoms with E-state index in [2.05, 4.69) is 20.6 Å². The molecule has 1 fully saturated rings. The molecule has 3 aromatic rings. The lowest BCUT2D eigenvalue weighted by Gasteiger charge is -2.31. The fourth-order valence-electron chi connectivity index (χ4n) is 3.67. The van der Waals surface area contributed by atoms with Crippen molar-refractivity contribution in [3.05, 3.63) is 35.5 Å². The minimum atomic E-state index is -3.18. The number of H-pyrrole nitrogens is 1. The number of ether oxygens (including phenoxy) is 1. The number of likely N-dealkylation sites (N-methyl/N-ethyl adjacent to an activating group) is 1. The maximum atomic E-state index is 11.8. The Hall–Kier alpha value is -2.89. The second kappa shape index (κ2) is 9.54. The summed E-state index contributed by atoms with van der Waals surface area (Å²) in [6.45, 7) is 0.867. The normalized spacial score (nSPS) is 15.5. The molecule has 0 radical (unpaired) electrons.